The Bertz CT molecular complexity index is 44.3. The standard InChI is InChI=1S/C6H12BrO2/c1-2-3-5-8-9-6-4-7/h6H,2-5H2,1H3. The molecule has 0 fully saturated rings. The zero-order chi connectivity index (χ0) is 6.95. The topological polar surface area (TPSA) is 18.5 Å². The molecule has 3 heteroatoms. The quantitative estimate of drug-likeness (QED) is 0.281. The Morgan fingerprint density at radius 3 is 2.89 bits per heavy atom. The highest BCUT2D eigenvalue weighted by Crippen LogP contribution is 1.92. The van der Waals surface area contributed by atoms with Gasteiger partial charge in [-0.1, -0.05) is 29.3 Å². The molecule has 0 rings (SSSR count). The van der Waals surface area contributed by atoms with Crippen molar-refractivity contribution in [3.05, 3.63) is 6.61 Å². The van der Waals surface area contributed by atoms with Crippen LogP contribution < -0.4 is 0 Å². The van der Waals surface area contributed by atoms with Gasteiger partial charge in [-0.3, -0.25) is 0 Å². The van der Waals surface area contributed by atoms with Gasteiger partial charge in [0.25, 0.3) is 0 Å². The van der Waals surface area contributed by atoms with Crippen LogP contribution in [0.2, 0.25) is 0 Å². The molecule has 0 saturated heterocycles. The zero-order valence-corrected chi connectivity index (χ0v) is 7.19. The van der Waals surface area contributed by atoms with Crippen molar-refractivity contribution >= 4 is 15.9 Å². The summed E-state index contributed by atoms with van der Waals surface area (Å²) in [6, 6.07) is 0. The molecule has 0 aliphatic heterocycles. The molecule has 9 heavy (non-hydrogen) atoms. The lowest BCUT2D eigenvalue weighted by Gasteiger charge is -1.98. The molecule has 2 nitrogen and oxygen atoms in total. The first kappa shape index (κ1) is 9.40. The maximum absolute atomic E-state index is 4.73. The van der Waals surface area contributed by atoms with Gasteiger partial charge < -0.3 is 0 Å². The van der Waals surface area contributed by atoms with Crippen LogP contribution in [-0.2, 0) is 9.78 Å². The van der Waals surface area contributed by atoms with Crippen LogP contribution in [0.5, 0.6) is 0 Å². The van der Waals surface area contributed by atoms with Crippen LogP contribution in [0, 0.1) is 6.61 Å². The first-order valence-corrected chi connectivity index (χ1v) is 4.20. The summed E-state index contributed by atoms with van der Waals surface area (Å²) in [5.41, 5.74) is 0. The highest BCUT2D eigenvalue weighted by Gasteiger charge is 1.86. The second-order valence-corrected chi connectivity index (χ2v) is 2.24. The summed E-state index contributed by atoms with van der Waals surface area (Å²) in [6.45, 7) is 4.35. The van der Waals surface area contributed by atoms with E-state index in [0.717, 1.165) is 12.8 Å². The van der Waals surface area contributed by atoms with Crippen LogP contribution in [0.15, 0.2) is 0 Å². The van der Waals surface area contributed by atoms with E-state index in [1.807, 2.05) is 0 Å². The van der Waals surface area contributed by atoms with Crippen molar-refractivity contribution in [2.75, 3.05) is 11.9 Å². The molecule has 55 valence electrons. The third-order valence-electron chi connectivity index (χ3n) is 0.780. The van der Waals surface area contributed by atoms with E-state index in [1.165, 1.54) is 0 Å². The van der Waals surface area contributed by atoms with Crippen molar-refractivity contribution in [3.8, 4) is 0 Å². The van der Waals surface area contributed by atoms with Crippen molar-refractivity contribution in [1.82, 2.24) is 0 Å². The number of unbranched alkanes of at least 4 members (excludes halogenated alkanes) is 1. The molecule has 0 aromatic carbocycles. The van der Waals surface area contributed by atoms with Gasteiger partial charge in [0.1, 0.15) is 6.61 Å². The molecule has 0 aromatic heterocycles. The van der Waals surface area contributed by atoms with Gasteiger partial charge in [-0.2, -0.15) is 0 Å². The molecule has 0 heterocycles. The minimum atomic E-state index is 0.681. The molecule has 0 aliphatic rings. The molecular formula is C6H12BrO2. The summed E-state index contributed by atoms with van der Waals surface area (Å²) in [4.78, 5) is 9.34. The molecule has 0 bridgehead atoms. The van der Waals surface area contributed by atoms with E-state index in [1.54, 1.807) is 6.61 Å². The largest absolute Gasteiger partial charge is 0.236 e. The van der Waals surface area contributed by atoms with Crippen molar-refractivity contribution < 1.29 is 9.78 Å². The average Bonchev–Trinajstić information content (AvgIpc) is 1.89. The van der Waals surface area contributed by atoms with Gasteiger partial charge >= 0.3 is 0 Å². The van der Waals surface area contributed by atoms with E-state index < -0.39 is 0 Å². The van der Waals surface area contributed by atoms with Crippen molar-refractivity contribution in [2.24, 2.45) is 0 Å². The smallest absolute Gasteiger partial charge is 0.133 e. The Balaban J connectivity index is 2.60. The molecule has 0 N–H and O–H groups in total. The van der Waals surface area contributed by atoms with E-state index in [2.05, 4.69) is 27.7 Å². The summed E-state index contributed by atoms with van der Waals surface area (Å²) in [5.74, 6) is 0. The third kappa shape index (κ3) is 8.40. The fourth-order valence-electron chi connectivity index (χ4n) is 0.325. The lowest BCUT2D eigenvalue weighted by atomic mass is 10.4. The van der Waals surface area contributed by atoms with Gasteiger partial charge in [-0.15, -0.1) is 0 Å². The van der Waals surface area contributed by atoms with Crippen LogP contribution >= 0.6 is 15.9 Å². The Hall–Kier alpha value is 0.400. The van der Waals surface area contributed by atoms with Gasteiger partial charge in [0.15, 0.2) is 0 Å². The minimum absolute atomic E-state index is 0.681. The predicted molar refractivity (Wildman–Crippen MR) is 40.0 cm³/mol. The fourth-order valence-corrected chi connectivity index (χ4v) is 0.433. The van der Waals surface area contributed by atoms with E-state index >= 15 is 0 Å². The molecular weight excluding hydrogens is 184 g/mol. The summed E-state index contributed by atoms with van der Waals surface area (Å²) >= 11 is 3.16. The Morgan fingerprint density at radius 2 is 2.33 bits per heavy atom. The van der Waals surface area contributed by atoms with Gasteiger partial charge in [-0.25, -0.2) is 9.78 Å². The first-order valence-electron chi connectivity index (χ1n) is 3.07. The molecule has 0 aliphatic carbocycles. The zero-order valence-electron chi connectivity index (χ0n) is 5.60. The normalized spacial score (nSPS) is 10.0. The van der Waals surface area contributed by atoms with E-state index in [4.69, 9.17) is 4.89 Å². The number of hydrogen-bond acceptors (Lipinski definition) is 2. The minimum Gasteiger partial charge on any atom is -0.236 e. The molecule has 0 spiro atoms. The molecule has 0 saturated carbocycles. The molecule has 0 aromatic rings. The van der Waals surface area contributed by atoms with Crippen molar-refractivity contribution in [1.29, 1.82) is 0 Å². The van der Waals surface area contributed by atoms with Gasteiger partial charge in [-0.05, 0) is 6.42 Å². The van der Waals surface area contributed by atoms with Crippen molar-refractivity contribution in [3.63, 3.8) is 0 Å². The molecule has 0 amide bonds. The number of halogens is 1. The number of alkyl halides is 1. The van der Waals surface area contributed by atoms with Crippen LogP contribution in [0.25, 0.3) is 0 Å². The summed E-state index contributed by atoms with van der Waals surface area (Å²) < 4.78 is 0. The lowest BCUT2D eigenvalue weighted by molar-refractivity contribution is -0.266. The summed E-state index contributed by atoms with van der Waals surface area (Å²) in [5, 5.41) is 0.707. The van der Waals surface area contributed by atoms with Gasteiger partial charge in [0, 0.05) is 5.33 Å². The second-order valence-electron chi connectivity index (χ2n) is 1.59. The lowest BCUT2D eigenvalue weighted by Crippen LogP contribution is -1.94. The van der Waals surface area contributed by atoms with E-state index in [-0.39, 0.29) is 0 Å². The summed E-state index contributed by atoms with van der Waals surface area (Å²) in [6.07, 6.45) is 2.19. The van der Waals surface area contributed by atoms with Gasteiger partial charge in [0.2, 0.25) is 0 Å². The monoisotopic (exact) mass is 195 g/mol. The number of hydrogen-bond donors (Lipinski definition) is 0. The second kappa shape index (κ2) is 8.40. The molecule has 1 radical (unpaired) electrons. The Labute approximate surface area is 64.6 Å². The van der Waals surface area contributed by atoms with Crippen LogP contribution in [-0.4, -0.2) is 11.9 Å². The van der Waals surface area contributed by atoms with Crippen LogP contribution in [0.3, 0.4) is 0 Å². The maximum atomic E-state index is 4.73. The number of rotatable bonds is 6. The average molecular weight is 196 g/mol. The van der Waals surface area contributed by atoms with E-state index in [9.17, 15) is 0 Å². The summed E-state index contributed by atoms with van der Waals surface area (Å²) in [7, 11) is 0. The Morgan fingerprint density at radius 1 is 1.56 bits per heavy atom. The highest BCUT2D eigenvalue weighted by molar-refractivity contribution is 9.09. The van der Waals surface area contributed by atoms with Crippen LogP contribution in [0.4, 0.5) is 0 Å². The van der Waals surface area contributed by atoms with Crippen LogP contribution in [0.1, 0.15) is 19.8 Å². The van der Waals surface area contributed by atoms with Crippen molar-refractivity contribution in [2.45, 2.75) is 19.8 Å². The first-order chi connectivity index (χ1) is 4.41. The third-order valence-corrected chi connectivity index (χ3v) is 1.04. The predicted octanol–water partition coefficient (Wildman–Crippen LogP) is 2.29. The molecule has 0 unspecified atom stereocenters. The van der Waals surface area contributed by atoms with Gasteiger partial charge in [0.05, 0.1) is 6.61 Å². The SMILES string of the molecule is CCCCOO[CH]CBr. The molecule has 0 atom stereocenters. The Kier molecular flexibility index (Phi) is 8.77. The maximum Gasteiger partial charge on any atom is 0.133 e. The fraction of sp³-hybridized carbons (Fsp3) is 0.833. The van der Waals surface area contributed by atoms with E-state index in [0.29, 0.717) is 11.9 Å². The highest BCUT2D eigenvalue weighted by atomic mass is 79.9.